The average molecular weight is 359 g/mol. The minimum atomic E-state index is 0.0247. The number of aryl methyl sites for hydroxylation is 2. The number of aliphatic imine (C=N–C) groups is 1. The van der Waals surface area contributed by atoms with Crippen molar-refractivity contribution in [2.75, 3.05) is 13.1 Å². The number of carbonyl (C=O) groups is 1. The predicted molar refractivity (Wildman–Crippen MR) is 102 cm³/mol. The summed E-state index contributed by atoms with van der Waals surface area (Å²) in [7, 11) is 0. The van der Waals surface area contributed by atoms with Gasteiger partial charge in [-0.25, -0.2) is 0 Å². The van der Waals surface area contributed by atoms with Crippen molar-refractivity contribution in [2.24, 2.45) is 4.99 Å². The van der Waals surface area contributed by atoms with E-state index in [0.29, 0.717) is 13.1 Å². The third kappa shape index (κ3) is 4.00. The monoisotopic (exact) mass is 358 g/mol. The van der Waals surface area contributed by atoms with Crippen LogP contribution in [-0.2, 0) is 5.75 Å². The fourth-order valence-electron chi connectivity index (χ4n) is 2.77. The third-order valence-corrected chi connectivity index (χ3v) is 5.09. The lowest BCUT2D eigenvalue weighted by molar-refractivity contribution is 0.0860. The van der Waals surface area contributed by atoms with E-state index in [0.717, 1.165) is 38.2 Å². The summed E-state index contributed by atoms with van der Waals surface area (Å²) in [6.45, 7) is 5.32. The van der Waals surface area contributed by atoms with E-state index in [4.69, 9.17) is 11.6 Å². The fourth-order valence-corrected chi connectivity index (χ4v) is 3.97. The molecule has 0 aliphatic carbocycles. The van der Waals surface area contributed by atoms with Gasteiger partial charge in [0.25, 0.3) is 5.91 Å². The second-order valence-electron chi connectivity index (χ2n) is 5.92. The van der Waals surface area contributed by atoms with Gasteiger partial charge in [0.15, 0.2) is 5.17 Å². The number of nitrogens with zero attached hydrogens (tertiary/aromatic N) is 2. The molecule has 0 bridgehead atoms. The van der Waals surface area contributed by atoms with Gasteiger partial charge in [0.1, 0.15) is 0 Å². The van der Waals surface area contributed by atoms with Gasteiger partial charge < -0.3 is 0 Å². The van der Waals surface area contributed by atoms with Gasteiger partial charge in [-0.1, -0.05) is 52.7 Å². The highest BCUT2D eigenvalue weighted by Crippen LogP contribution is 2.23. The molecule has 3 nitrogen and oxygen atoms in total. The number of benzene rings is 2. The van der Waals surface area contributed by atoms with E-state index < -0.39 is 0 Å². The van der Waals surface area contributed by atoms with Gasteiger partial charge in [-0.2, -0.15) is 0 Å². The lowest BCUT2D eigenvalue weighted by Gasteiger charge is -2.18. The largest absolute Gasteiger partial charge is 0.286 e. The summed E-state index contributed by atoms with van der Waals surface area (Å²) >= 11 is 7.61. The summed E-state index contributed by atoms with van der Waals surface area (Å²) in [5, 5.41) is 1.52. The lowest BCUT2D eigenvalue weighted by atomic mass is 10.1. The number of thioether (sulfide) groups is 1. The highest BCUT2D eigenvalue weighted by Gasteiger charge is 2.25. The molecule has 5 heteroatoms. The number of carbonyl (C=O) groups excluding carboxylic acids is 1. The van der Waals surface area contributed by atoms with Gasteiger partial charge in [0.05, 0.1) is 6.54 Å². The van der Waals surface area contributed by atoms with E-state index in [1.165, 1.54) is 0 Å². The zero-order chi connectivity index (χ0) is 17.1. The molecule has 0 fully saturated rings. The van der Waals surface area contributed by atoms with Crippen molar-refractivity contribution < 1.29 is 4.79 Å². The van der Waals surface area contributed by atoms with Crippen molar-refractivity contribution >= 4 is 34.4 Å². The summed E-state index contributed by atoms with van der Waals surface area (Å²) in [5.41, 5.74) is 4.05. The first-order valence-corrected chi connectivity index (χ1v) is 9.21. The van der Waals surface area contributed by atoms with Crippen LogP contribution in [0.4, 0.5) is 0 Å². The molecular formula is C19H19ClN2OS. The molecule has 0 aromatic heterocycles. The Kier molecular flexibility index (Phi) is 5.27. The van der Waals surface area contributed by atoms with Crippen molar-refractivity contribution in [3.05, 3.63) is 69.7 Å². The summed E-state index contributed by atoms with van der Waals surface area (Å²) in [6, 6.07) is 13.7. The highest BCUT2D eigenvalue weighted by atomic mass is 35.5. The van der Waals surface area contributed by atoms with Crippen LogP contribution in [0.2, 0.25) is 5.02 Å². The molecule has 0 unspecified atom stereocenters. The Bertz CT molecular complexity index is 783. The van der Waals surface area contributed by atoms with Crippen molar-refractivity contribution in [3.63, 3.8) is 0 Å². The molecule has 1 heterocycles. The van der Waals surface area contributed by atoms with Crippen molar-refractivity contribution in [1.29, 1.82) is 0 Å². The lowest BCUT2D eigenvalue weighted by Crippen LogP contribution is -2.33. The van der Waals surface area contributed by atoms with E-state index in [-0.39, 0.29) is 5.91 Å². The topological polar surface area (TPSA) is 32.7 Å². The predicted octanol–water partition coefficient (Wildman–Crippen LogP) is 4.70. The SMILES string of the molecule is Cc1cc(C)cc(C(=O)N2CCN=C2SCc2cccc(Cl)c2)c1. The second-order valence-corrected chi connectivity index (χ2v) is 7.30. The number of rotatable bonds is 3. The maximum absolute atomic E-state index is 12.8. The van der Waals surface area contributed by atoms with E-state index in [1.807, 2.05) is 50.2 Å². The average Bonchev–Trinajstić information content (AvgIpc) is 3.00. The number of hydrogen-bond donors (Lipinski definition) is 0. The van der Waals surface area contributed by atoms with Crippen LogP contribution < -0.4 is 0 Å². The normalized spacial score (nSPS) is 14.0. The molecule has 124 valence electrons. The van der Waals surface area contributed by atoms with Gasteiger partial charge in [0, 0.05) is 22.9 Å². The summed E-state index contributed by atoms with van der Waals surface area (Å²) in [6.07, 6.45) is 0. The van der Waals surface area contributed by atoms with Crippen molar-refractivity contribution in [1.82, 2.24) is 4.90 Å². The van der Waals surface area contributed by atoms with Crippen LogP contribution in [0.1, 0.15) is 27.0 Å². The Morgan fingerprint density at radius 3 is 2.67 bits per heavy atom. The Morgan fingerprint density at radius 2 is 1.96 bits per heavy atom. The summed E-state index contributed by atoms with van der Waals surface area (Å²) in [4.78, 5) is 19.1. The third-order valence-electron chi connectivity index (χ3n) is 3.77. The first kappa shape index (κ1) is 17.1. The maximum atomic E-state index is 12.8. The molecule has 24 heavy (non-hydrogen) atoms. The second kappa shape index (κ2) is 7.41. The standard InChI is InChI=1S/C19H19ClN2OS/c1-13-8-14(2)10-16(9-13)18(23)22-7-6-21-19(22)24-12-15-4-3-5-17(20)11-15/h3-5,8-11H,6-7,12H2,1-2H3. The minimum Gasteiger partial charge on any atom is -0.286 e. The summed E-state index contributed by atoms with van der Waals surface area (Å²) < 4.78 is 0. The van der Waals surface area contributed by atoms with Crippen LogP contribution in [-0.4, -0.2) is 29.1 Å². The highest BCUT2D eigenvalue weighted by molar-refractivity contribution is 8.13. The first-order valence-electron chi connectivity index (χ1n) is 7.85. The molecule has 2 aromatic carbocycles. The molecule has 1 aliphatic rings. The first-order chi connectivity index (χ1) is 11.5. The fraction of sp³-hybridized carbons (Fsp3) is 0.263. The Hall–Kier alpha value is -1.78. The summed E-state index contributed by atoms with van der Waals surface area (Å²) in [5.74, 6) is 0.771. The van der Waals surface area contributed by atoms with Crippen LogP contribution >= 0.6 is 23.4 Å². The van der Waals surface area contributed by atoms with Crippen molar-refractivity contribution in [3.8, 4) is 0 Å². The van der Waals surface area contributed by atoms with Crippen molar-refractivity contribution in [2.45, 2.75) is 19.6 Å². The molecule has 0 radical (unpaired) electrons. The van der Waals surface area contributed by atoms with Crippen LogP contribution in [0.15, 0.2) is 47.5 Å². The Labute approximate surface area is 151 Å². The molecule has 2 aromatic rings. The maximum Gasteiger partial charge on any atom is 0.259 e. The van der Waals surface area contributed by atoms with Crippen LogP contribution in [0.5, 0.6) is 0 Å². The van der Waals surface area contributed by atoms with Gasteiger partial charge >= 0.3 is 0 Å². The number of hydrogen-bond acceptors (Lipinski definition) is 3. The molecule has 0 N–H and O–H groups in total. The number of amidine groups is 1. The van der Waals surface area contributed by atoms with Gasteiger partial charge in [0.2, 0.25) is 0 Å². The van der Waals surface area contributed by atoms with E-state index in [1.54, 1.807) is 16.7 Å². The minimum absolute atomic E-state index is 0.0247. The molecule has 0 saturated heterocycles. The smallest absolute Gasteiger partial charge is 0.259 e. The molecule has 0 spiro atoms. The number of halogens is 1. The molecule has 0 saturated carbocycles. The molecule has 1 amide bonds. The number of amides is 1. The van der Waals surface area contributed by atoms with Crippen LogP contribution in [0, 0.1) is 13.8 Å². The zero-order valence-corrected chi connectivity index (χ0v) is 15.3. The zero-order valence-electron chi connectivity index (χ0n) is 13.8. The molecule has 0 atom stereocenters. The van der Waals surface area contributed by atoms with E-state index in [9.17, 15) is 4.79 Å². The molecule has 3 rings (SSSR count). The Morgan fingerprint density at radius 1 is 1.21 bits per heavy atom. The quantitative estimate of drug-likeness (QED) is 0.796. The van der Waals surface area contributed by atoms with Crippen LogP contribution in [0.25, 0.3) is 0 Å². The van der Waals surface area contributed by atoms with Gasteiger partial charge in [-0.05, 0) is 43.7 Å². The van der Waals surface area contributed by atoms with Gasteiger partial charge in [-0.3, -0.25) is 14.7 Å². The van der Waals surface area contributed by atoms with E-state index >= 15 is 0 Å². The molecule has 1 aliphatic heterocycles. The Balaban J connectivity index is 1.71. The van der Waals surface area contributed by atoms with Gasteiger partial charge in [-0.15, -0.1) is 0 Å². The molecular weight excluding hydrogens is 340 g/mol. The van der Waals surface area contributed by atoms with Crippen LogP contribution in [0.3, 0.4) is 0 Å². The van der Waals surface area contributed by atoms with E-state index in [2.05, 4.69) is 11.1 Å².